The summed E-state index contributed by atoms with van der Waals surface area (Å²) < 4.78 is 13.7. The molecule has 0 bridgehead atoms. The summed E-state index contributed by atoms with van der Waals surface area (Å²) in [5, 5.41) is 14.9. The first kappa shape index (κ1) is 19.4. The van der Waals surface area contributed by atoms with E-state index in [1.807, 2.05) is 24.3 Å². The number of nitrogens with zero attached hydrogens (tertiary/aromatic N) is 2. The summed E-state index contributed by atoms with van der Waals surface area (Å²) in [4.78, 5) is 17.1. The summed E-state index contributed by atoms with van der Waals surface area (Å²) in [5.41, 5.74) is 4.81. The lowest BCUT2D eigenvalue weighted by atomic mass is 9.95. The molecular formula is C24H22FN5O. The van der Waals surface area contributed by atoms with Gasteiger partial charge in [0.05, 0.1) is 11.4 Å². The van der Waals surface area contributed by atoms with E-state index in [1.165, 1.54) is 12.1 Å². The van der Waals surface area contributed by atoms with Gasteiger partial charge in [-0.15, -0.1) is 0 Å². The third-order valence-corrected chi connectivity index (χ3v) is 5.74. The number of piperidine rings is 1. The van der Waals surface area contributed by atoms with Crippen LogP contribution in [0.3, 0.4) is 0 Å². The maximum Gasteiger partial charge on any atom is 0.228 e. The minimum Gasteiger partial charge on any atom is -0.325 e. The van der Waals surface area contributed by atoms with E-state index < -0.39 is 0 Å². The molecule has 3 N–H and O–H groups in total. The van der Waals surface area contributed by atoms with Crippen LogP contribution >= 0.6 is 0 Å². The number of hydrogen-bond donors (Lipinski definition) is 3. The number of fused-ring (bicyclic) bond motifs is 1. The number of rotatable bonds is 4. The van der Waals surface area contributed by atoms with E-state index in [0.717, 1.165) is 52.7 Å². The number of amides is 1. The topological polar surface area (TPSA) is 82.7 Å². The van der Waals surface area contributed by atoms with Gasteiger partial charge in [0, 0.05) is 41.1 Å². The lowest BCUT2D eigenvalue weighted by molar-refractivity contribution is -0.120. The Bertz CT molecular complexity index is 1210. The maximum absolute atomic E-state index is 13.7. The number of halogens is 1. The van der Waals surface area contributed by atoms with Crippen molar-refractivity contribution in [3.05, 3.63) is 66.7 Å². The van der Waals surface area contributed by atoms with Crippen LogP contribution in [0.4, 0.5) is 10.1 Å². The van der Waals surface area contributed by atoms with E-state index in [2.05, 4.69) is 25.8 Å². The number of anilines is 1. The molecule has 1 aliphatic rings. The van der Waals surface area contributed by atoms with Gasteiger partial charge in [0.1, 0.15) is 11.5 Å². The first-order valence-electron chi connectivity index (χ1n) is 10.4. The van der Waals surface area contributed by atoms with Crippen molar-refractivity contribution in [1.29, 1.82) is 0 Å². The zero-order valence-corrected chi connectivity index (χ0v) is 16.9. The second-order valence-electron chi connectivity index (χ2n) is 7.76. The lowest BCUT2D eigenvalue weighted by Gasteiger charge is -2.23. The van der Waals surface area contributed by atoms with Crippen LogP contribution in [0, 0.1) is 11.7 Å². The molecule has 1 fully saturated rings. The van der Waals surface area contributed by atoms with Gasteiger partial charge in [-0.2, -0.15) is 5.10 Å². The second-order valence-corrected chi connectivity index (χ2v) is 7.76. The predicted octanol–water partition coefficient (Wildman–Crippen LogP) is 4.37. The van der Waals surface area contributed by atoms with E-state index in [-0.39, 0.29) is 17.6 Å². The van der Waals surface area contributed by atoms with Crippen LogP contribution in [-0.2, 0) is 4.79 Å². The maximum atomic E-state index is 13.7. The number of nitrogens with one attached hydrogen (secondary N) is 3. The van der Waals surface area contributed by atoms with Crippen LogP contribution in [-0.4, -0.2) is 34.2 Å². The molecule has 0 saturated carbocycles. The highest BCUT2D eigenvalue weighted by molar-refractivity contribution is 6.11. The molecule has 156 valence electrons. The smallest absolute Gasteiger partial charge is 0.228 e. The number of aromatic amines is 1. The van der Waals surface area contributed by atoms with Crippen LogP contribution in [0.15, 0.2) is 60.9 Å². The fourth-order valence-electron chi connectivity index (χ4n) is 4.16. The molecule has 2 aromatic carbocycles. The van der Waals surface area contributed by atoms with Crippen molar-refractivity contribution in [3.8, 4) is 22.4 Å². The van der Waals surface area contributed by atoms with E-state index in [9.17, 15) is 9.18 Å². The molecule has 0 spiro atoms. The molecule has 1 unspecified atom stereocenters. The molecule has 1 atom stereocenters. The fourth-order valence-corrected chi connectivity index (χ4v) is 4.16. The third kappa shape index (κ3) is 3.80. The number of pyridine rings is 1. The van der Waals surface area contributed by atoms with Gasteiger partial charge in [-0.05, 0) is 61.3 Å². The molecule has 5 rings (SSSR count). The molecule has 31 heavy (non-hydrogen) atoms. The van der Waals surface area contributed by atoms with E-state index in [1.54, 1.807) is 24.5 Å². The molecule has 1 saturated heterocycles. The van der Waals surface area contributed by atoms with Crippen molar-refractivity contribution in [2.75, 3.05) is 18.4 Å². The first-order valence-corrected chi connectivity index (χ1v) is 10.4. The number of hydrogen-bond acceptors (Lipinski definition) is 4. The quantitative estimate of drug-likeness (QED) is 0.462. The van der Waals surface area contributed by atoms with Crippen molar-refractivity contribution in [1.82, 2.24) is 20.5 Å². The standard InChI is InChI=1S/C24H22FN5O/c25-18-5-3-15(4-6-18)21-19(28-24(31)17-2-1-11-27-14-17)7-8-20-22(21)23(30-29-20)16-9-12-26-13-10-16/h3-10,12-13,17,27H,1-2,11,14H2,(H,28,31)(H,29,30). The first-order chi connectivity index (χ1) is 15.2. The summed E-state index contributed by atoms with van der Waals surface area (Å²) >= 11 is 0. The molecule has 0 aliphatic carbocycles. The van der Waals surface area contributed by atoms with Gasteiger partial charge in [-0.3, -0.25) is 14.9 Å². The molecule has 3 heterocycles. The largest absolute Gasteiger partial charge is 0.325 e. The normalized spacial score (nSPS) is 16.4. The average Bonchev–Trinajstić information content (AvgIpc) is 3.25. The highest BCUT2D eigenvalue weighted by Crippen LogP contribution is 2.40. The molecule has 4 aromatic rings. The van der Waals surface area contributed by atoms with Crippen LogP contribution < -0.4 is 10.6 Å². The Morgan fingerprint density at radius 1 is 1.03 bits per heavy atom. The van der Waals surface area contributed by atoms with E-state index in [0.29, 0.717) is 12.2 Å². The Morgan fingerprint density at radius 2 is 1.84 bits per heavy atom. The minimum absolute atomic E-state index is 0.0103. The molecular weight excluding hydrogens is 393 g/mol. The summed E-state index contributed by atoms with van der Waals surface area (Å²) in [5.74, 6) is -0.394. The summed E-state index contributed by atoms with van der Waals surface area (Å²) in [6, 6.07) is 13.9. The van der Waals surface area contributed by atoms with Crippen LogP contribution in [0.2, 0.25) is 0 Å². The van der Waals surface area contributed by atoms with Crippen molar-refractivity contribution in [2.45, 2.75) is 12.8 Å². The van der Waals surface area contributed by atoms with Gasteiger partial charge in [0.15, 0.2) is 0 Å². The van der Waals surface area contributed by atoms with Gasteiger partial charge in [0.25, 0.3) is 0 Å². The Balaban J connectivity index is 1.67. The Hall–Kier alpha value is -3.58. The molecule has 7 heteroatoms. The van der Waals surface area contributed by atoms with E-state index in [4.69, 9.17) is 0 Å². The van der Waals surface area contributed by atoms with Gasteiger partial charge in [-0.25, -0.2) is 4.39 Å². The van der Waals surface area contributed by atoms with Gasteiger partial charge in [0.2, 0.25) is 5.91 Å². The predicted molar refractivity (Wildman–Crippen MR) is 119 cm³/mol. The molecule has 2 aromatic heterocycles. The molecule has 6 nitrogen and oxygen atoms in total. The lowest BCUT2D eigenvalue weighted by Crippen LogP contribution is -2.37. The molecule has 0 radical (unpaired) electrons. The van der Waals surface area contributed by atoms with Crippen molar-refractivity contribution in [3.63, 3.8) is 0 Å². The molecule has 1 amide bonds. The van der Waals surface area contributed by atoms with Crippen molar-refractivity contribution in [2.24, 2.45) is 5.92 Å². The third-order valence-electron chi connectivity index (χ3n) is 5.74. The average molecular weight is 415 g/mol. The van der Waals surface area contributed by atoms with Gasteiger partial charge >= 0.3 is 0 Å². The second kappa shape index (κ2) is 8.28. The number of carbonyl (C=O) groups is 1. The number of benzene rings is 2. The Kier molecular flexibility index (Phi) is 5.18. The number of H-pyrrole nitrogens is 1. The summed E-state index contributed by atoms with van der Waals surface area (Å²) in [6.07, 6.45) is 5.28. The van der Waals surface area contributed by atoms with Crippen LogP contribution in [0.1, 0.15) is 12.8 Å². The van der Waals surface area contributed by atoms with E-state index >= 15 is 0 Å². The fraction of sp³-hybridized carbons (Fsp3) is 0.208. The van der Waals surface area contributed by atoms with Crippen LogP contribution in [0.25, 0.3) is 33.3 Å². The Morgan fingerprint density at radius 3 is 2.58 bits per heavy atom. The minimum atomic E-state index is -0.309. The van der Waals surface area contributed by atoms with Crippen molar-refractivity contribution >= 4 is 22.5 Å². The number of aromatic nitrogens is 3. The Labute approximate surface area is 178 Å². The monoisotopic (exact) mass is 415 g/mol. The summed E-state index contributed by atoms with van der Waals surface area (Å²) in [6.45, 7) is 1.62. The number of carbonyl (C=O) groups excluding carboxylic acids is 1. The SMILES string of the molecule is O=C(Nc1ccc2[nH]nc(-c3ccncc3)c2c1-c1ccc(F)cc1)C1CCCNC1. The highest BCUT2D eigenvalue weighted by Gasteiger charge is 2.24. The van der Waals surface area contributed by atoms with Gasteiger partial charge < -0.3 is 10.6 Å². The highest BCUT2D eigenvalue weighted by atomic mass is 19.1. The van der Waals surface area contributed by atoms with Crippen LogP contribution in [0.5, 0.6) is 0 Å². The molecule has 1 aliphatic heterocycles. The zero-order chi connectivity index (χ0) is 21.2. The zero-order valence-electron chi connectivity index (χ0n) is 16.9. The van der Waals surface area contributed by atoms with Crippen molar-refractivity contribution < 1.29 is 9.18 Å². The van der Waals surface area contributed by atoms with Gasteiger partial charge in [-0.1, -0.05) is 12.1 Å². The summed E-state index contributed by atoms with van der Waals surface area (Å²) in [7, 11) is 0.